The molecule has 1 amide bonds. The molecule has 1 unspecified atom stereocenters. The number of aromatic nitrogens is 1. The van der Waals surface area contributed by atoms with E-state index in [0.29, 0.717) is 5.56 Å². The number of amides is 1. The molecule has 2 aromatic rings. The molecular weight excluding hydrogens is 238 g/mol. The lowest BCUT2D eigenvalue weighted by molar-refractivity contribution is 0.100. The highest BCUT2D eigenvalue weighted by atomic mass is 16.1. The molecule has 96 valence electrons. The van der Waals surface area contributed by atoms with Crippen molar-refractivity contribution in [3.8, 4) is 0 Å². The SMILES string of the molecule is NC(=O)c1ccc(NC2CCc3cccnc32)cc1. The molecule has 0 saturated heterocycles. The summed E-state index contributed by atoms with van der Waals surface area (Å²) in [6.07, 6.45) is 3.93. The molecule has 0 fully saturated rings. The molecule has 1 aromatic carbocycles. The van der Waals surface area contributed by atoms with Gasteiger partial charge in [-0.05, 0) is 48.7 Å². The number of hydrogen-bond donors (Lipinski definition) is 2. The van der Waals surface area contributed by atoms with Gasteiger partial charge in [-0.3, -0.25) is 9.78 Å². The molecule has 3 rings (SSSR count). The number of hydrogen-bond acceptors (Lipinski definition) is 3. The molecule has 3 N–H and O–H groups in total. The van der Waals surface area contributed by atoms with Crippen molar-refractivity contribution < 1.29 is 4.79 Å². The molecule has 4 nitrogen and oxygen atoms in total. The summed E-state index contributed by atoms with van der Waals surface area (Å²) in [5.41, 5.74) is 9.17. The number of carbonyl (C=O) groups excluding carboxylic acids is 1. The third-order valence-corrected chi connectivity index (χ3v) is 3.47. The van der Waals surface area contributed by atoms with Gasteiger partial charge in [0.25, 0.3) is 0 Å². The van der Waals surface area contributed by atoms with Gasteiger partial charge in [0.2, 0.25) is 5.91 Å². The number of fused-ring (bicyclic) bond motifs is 1. The Kier molecular flexibility index (Phi) is 2.91. The van der Waals surface area contributed by atoms with Crippen molar-refractivity contribution in [3.05, 3.63) is 59.4 Å². The summed E-state index contributed by atoms with van der Waals surface area (Å²) in [4.78, 5) is 15.5. The fourth-order valence-electron chi connectivity index (χ4n) is 2.48. The highest BCUT2D eigenvalue weighted by molar-refractivity contribution is 5.93. The van der Waals surface area contributed by atoms with E-state index in [9.17, 15) is 4.79 Å². The zero-order valence-corrected chi connectivity index (χ0v) is 10.5. The molecular formula is C15H15N3O. The number of carbonyl (C=O) groups is 1. The van der Waals surface area contributed by atoms with E-state index in [2.05, 4.69) is 16.4 Å². The summed E-state index contributed by atoms with van der Waals surface area (Å²) in [6, 6.07) is 11.6. The van der Waals surface area contributed by atoms with Gasteiger partial charge in [0.15, 0.2) is 0 Å². The standard InChI is InChI=1S/C15H15N3O/c16-15(19)11-3-6-12(7-4-11)18-13-8-5-10-2-1-9-17-14(10)13/h1-4,6-7,9,13,18H,5,8H2,(H2,16,19). The molecule has 1 aromatic heterocycles. The first-order valence-electron chi connectivity index (χ1n) is 6.34. The monoisotopic (exact) mass is 253 g/mol. The Morgan fingerprint density at radius 1 is 1.26 bits per heavy atom. The van der Waals surface area contributed by atoms with Crippen molar-refractivity contribution in [2.75, 3.05) is 5.32 Å². The maximum atomic E-state index is 11.0. The predicted molar refractivity (Wildman–Crippen MR) is 73.9 cm³/mol. The summed E-state index contributed by atoms with van der Waals surface area (Å²) in [5, 5.41) is 3.45. The maximum absolute atomic E-state index is 11.0. The van der Waals surface area contributed by atoms with Crippen molar-refractivity contribution in [3.63, 3.8) is 0 Å². The van der Waals surface area contributed by atoms with E-state index in [-0.39, 0.29) is 6.04 Å². The number of nitrogens with two attached hydrogens (primary N) is 1. The minimum Gasteiger partial charge on any atom is -0.377 e. The van der Waals surface area contributed by atoms with Crippen LogP contribution in [0.15, 0.2) is 42.6 Å². The highest BCUT2D eigenvalue weighted by Crippen LogP contribution is 2.31. The fourth-order valence-corrected chi connectivity index (χ4v) is 2.48. The molecule has 0 radical (unpaired) electrons. The molecule has 4 heteroatoms. The Morgan fingerprint density at radius 3 is 2.79 bits per heavy atom. The number of benzene rings is 1. The van der Waals surface area contributed by atoms with Crippen LogP contribution in [0.2, 0.25) is 0 Å². The largest absolute Gasteiger partial charge is 0.377 e. The average molecular weight is 253 g/mol. The van der Waals surface area contributed by atoms with Gasteiger partial charge >= 0.3 is 0 Å². The van der Waals surface area contributed by atoms with E-state index in [1.807, 2.05) is 24.4 Å². The van der Waals surface area contributed by atoms with E-state index in [1.54, 1.807) is 12.1 Å². The molecule has 1 heterocycles. The fraction of sp³-hybridized carbons (Fsp3) is 0.200. The molecule has 0 bridgehead atoms. The van der Waals surface area contributed by atoms with Crippen LogP contribution in [0.25, 0.3) is 0 Å². The Labute approximate surface area is 111 Å². The molecule has 0 spiro atoms. The summed E-state index contributed by atoms with van der Waals surface area (Å²) in [5.74, 6) is -0.403. The number of aryl methyl sites for hydroxylation is 1. The minimum atomic E-state index is -0.403. The second-order valence-electron chi connectivity index (χ2n) is 4.72. The minimum absolute atomic E-state index is 0.246. The Balaban J connectivity index is 1.78. The van der Waals surface area contributed by atoms with E-state index in [1.165, 1.54) is 5.56 Å². The first-order chi connectivity index (χ1) is 9.24. The first kappa shape index (κ1) is 11.7. The van der Waals surface area contributed by atoms with Crippen molar-refractivity contribution in [1.29, 1.82) is 0 Å². The lowest BCUT2D eigenvalue weighted by atomic mass is 10.1. The molecule has 19 heavy (non-hydrogen) atoms. The molecule has 1 aliphatic carbocycles. The molecule has 0 aliphatic heterocycles. The van der Waals surface area contributed by atoms with Crippen molar-refractivity contribution >= 4 is 11.6 Å². The van der Waals surface area contributed by atoms with Crippen LogP contribution in [0.1, 0.15) is 34.1 Å². The van der Waals surface area contributed by atoms with Crippen LogP contribution in [0.4, 0.5) is 5.69 Å². The first-order valence-corrected chi connectivity index (χ1v) is 6.34. The zero-order valence-electron chi connectivity index (χ0n) is 10.5. The van der Waals surface area contributed by atoms with Gasteiger partial charge in [0, 0.05) is 17.4 Å². The lowest BCUT2D eigenvalue weighted by Gasteiger charge is -2.14. The highest BCUT2D eigenvalue weighted by Gasteiger charge is 2.23. The van der Waals surface area contributed by atoms with Gasteiger partial charge in [-0.15, -0.1) is 0 Å². The van der Waals surface area contributed by atoms with E-state index in [0.717, 1.165) is 24.2 Å². The summed E-state index contributed by atoms with van der Waals surface area (Å²) in [7, 11) is 0. The summed E-state index contributed by atoms with van der Waals surface area (Å²) in [6.45, 7) is 0. The second-order valence-corrected chi connectivity index (χ2v) is 4.72. The lowest BCUT2D eigenvalue weighted by Crippen LogP contribution is -2.11. The molecule has 1 aliphatic rings. The van der Waals surface area contributed by atoms with Crippen molar-refractivity contribution in [1.82, 2.24) is 4.98 Å². The number of nitrogens with one attached hydrogen (secondary N) is 1. The van der Waals surface area contributed by atoms with Crippen LogP contribution >= 0.6 is 0 Å². The van der Waals surface area contributed by atoms with Crippen LogP contribution in [0, 0.1) is 0 Å². The van der Waals surface area contributed by atoms with Gasteiger partial charge in [-0.25, -0.2) is 0 Å². The number of pyridine rings is 1. The van der Waals surface area contributed by atoms with E-state index in [4.69, 9.17) is 5.73 Å². The summed E-state index contributed by atoms with van der Waals surface area (Å²) >= 11 is 0. The van der Waals surface area contributed by atoms with Crippen LogP contribution in [0.5, 0.6) is 0 Å². The maximum Gasteiger partial charge on any atom is 0.248 e. The van der Waals surface area contributed by atoms with Crippen LogP contribution in [-0.2, 0) is 6.42 Å². The topological polar surface area (TPSA) is 68.0 Å². The van der Waals surface area contributed by atoms with Crippen LogP contribution < -0.4 is 11.1 Å². The van der Waals surface area contributed by atoms with Crippen molar-refractivity contribution in [2.45, 2.75) is 18.9 Å². The Bertz CT molecular complexity index is 607. The Hall–Kier alpha value is -2.36. The smallest absolute Gasteiger partial charge is 0.248 e. The summed E-state index contributed by atoms with van der Waals surface area (Å²) < 4.78 is 0. The van der Waals surface area contributed by atoms with E-state index >= 15 is 0 Å². The number of rotatable bonds is 3. The second kappa shape index (κ2) is 4.72. The number of anilines is 1. The van der Waals surface area contributed by atoms with Gasteiger partial charge in [-0.1, -0.05) is 6.07 Å². The van der Waals surface area contributed by atoms with Gasteiger partial charge in [-0.2, -0.15) is 0 Å². The quantitative estimate of drug-likeness (QED) is 0.881. The van der Waals surface area contributed by atoms with Crippen LogP contribution in [0.3, 0.4) is 0 Å². The van der Waals surface area contributed by atoms with E-state index < -0.39 is 5.91 Å². The van der Waals surface area contributed by atoms with Gasteiger partial charge in [0.1, 0.15) is 0 Å². The zero-order chi connectivity index (χ0) is 13.2. The van der Waals surface area contributed by atoms with Gasteiger partial charge < -0.3 is 11.1 Å². The van der Waals surface area contributed by atoms with Gasteiger partial charge in [0.05, 0.1) is 11.7 Å². The van der Waals surface area contributed by atoms with Crippen molar-refractivity contribution in [2.24, 2.45) is 5.73 Å². The third-order valence-electron chi connectivity index (χ3n) is 3.47. The molecule has 1 atom stereocenters. The normalized spacial score (nSPS) is 16.9. The average Bonchev–Trinajstić information content (AvgIpc) is 2.83. The van der Waals surface area contributed by atoms with Crippen LogP contribution in [-0.4, -0.2) is 10.9 Å². The molecule has 0 saturated carbocycles. The third kappa shape index (κ3) is 2.29. The predicted octanol–water partition coefficient (Wildman–Crippen LogP) is 2.28. The number of nitrogens with zero attached hydrogens (tertiary/aromatic N) is 1. The Morgan fingerprint density at radius 2 is 2.05 bits per heavy atom. The number of primary amides is 1.